The van der Waals surface area contributed by atoms with Gasteiger partial charge in [0.1, 0.15) is 6.23 Å². The summed E-state index contributed by atoms with van der Waals surface area (Å²) in [5.74, 6) is 0. The Balaban J connectivity index is 2.21. The standard InChI is InChI=1S/C12H16N2O/c1-2-13-12(15)7-9-8-14-11-6-4-3-5-10(9)11/h3-6,8,12-15H,2,7H2,1H3/t12-/m0/s1. The highest BCUT2D eigenvalue weighted by atomic mass is 16.3. The number of benzene rings is 1. The van der Waals surface area contributed by atoms with E-state index in [4.69, 9.17) is 0 Å². The SMILES string of the molecule is CCN[C@@H](O)Cc1c[nH]c2ccccc12. The van der Waals surface area contributed by atoms with Crippen molar-refractivity contribution >= 4 is 10.9 Å². The van der Waals surface area contributed by atoms with Crippen LogP contribution in [0.15, 0.2) is 30.5 Å². The van der Waals surface area contributed by atoms with Gasteiger partial charge in [-0.3, -0.25) is 5.32 Å². The van der Waals surface area contributed by atoms with E-state index in [1.807, 2.05) is 31.3 Å². The third-order valence-electron chi connectivity index (χ3n) is 2.53. The van der Waals surface area contributed by atoms with E-state index in [1.165, 1.54) is 5.39 Å². The number of aromatic amines is 1. The molecule has 0 spiro atoms. The molecule has 0 unspecified atom stereocenters. The second-order valence-corrected chi connectivity index (χ2v) is 3.64. The van der Waals surface area contributed by atoms with Crippen LogP contribution in [-0.2, 0) is 6.42 Å². The summed E-state index contributed by atoms with van der Waals surface area (Å²) in [6.07, 6.45) is 2.14. The molecule has 0 saturated heterocycles. The van der Waals surface area contributed by atoms with Gasteiger partial charge in [0, 0.05) is 23.5 Å². The summed E-state index contributed by atoms with van der Waals surface area (Å²) in [7, 11) is 0. The molecule has 1 aromatic carbocycles. The maximum atomic E-state index is 9.66. The zero-order valence-electron chi connectivity index (χ0n) is 8.83. The van der Waals surface area contributed by atoms with Gasteiger partial charge in [0.15, 0.2) is 0 Å². The minimum atomic E-state index is -0.464. The molecule has 0 saturated carbocycles. The lowest BCUT2D eigenvalue weighted by Crippen LogP contribution is -2.30. The van der Waals surface area contributed by atoms with Crippen LogP contribution in [0.1, 0.15) is 12.5 Å². The Hall–Kier alpha value is -1.32. The number of hydrogen-bond acceptors (Lipinski definition) is 2. The molecule has 80 valence electrons. The van der Waals surface area contributed by atoms with Crippen LogP contribution >= 0.6 is 0 Å². The van der Waals surface area contributed by atoms with Gasteiger partial charge in [0.25, 0.3) is 0 Å². The van der Waals surface area contributed by atoms with E-state index in [1.54, 1.807) is 0 Å². The molecule has 15 heavy (non-hydrogen) atoms. The van der Waals surface area contributed by atoms with Crippen LogP contribution in [0.3, 0.4) is 0 Å². The largest absolute Gasteiger partial charge is 0.378 e. The lowest BCUT2D eigenvalue weighted by Gasteiger charge is -2.09. The second kappa shape index (κ2) is 4.47. The van der Waals surface area contributed by atoms with E-state index in [-0.39, 0.29) is 0 Å². The topological polar surface area (TPSA) is 48.0 Å². The number of hydrogen-bond donors (Lipinski definition) is 3. The van der Waals surface area contributed by atoms with E-state index in [9.17, 15) is 5.11 Å². The molecule has 1 atom stereocenters. The third-order valence-corrected chi connectivity index (χ3v) is 2.53. The van der Waals surface area contributed by atoms with Gasteiger partial charge < -0.3 is 10.1 Å². The summed E-state index contributed by atoms with van der Waals surface area (Å²) >= 11 is 0. The van der Waals surface area contributed by atoms with Crippen LogP contribution in [0, 0.1) is 0 Å². The Morgan fingerprint density at radius 2 is 2.20 bits per heavy atom. The van der Waals surface area contributed by atoms with E-state index in [0.717, 1.165) is 17.6 Å². The molecule has 2 aromatic rings. The molecule has 2 rings (SSSR count). The number of aromatic nitrogens is 1. The van der Waals surface area contributed by atoms with Crippen molar-refractivity contribution < 1.29 is 5.11 Å². The number of rotatable bonds is 4. The first-order chi connectivity index (χ1) is 7.31. The predicted molar refractivity (Wildman–Crippen MR) is 61.7 cm³/mol. The van der Waals surface area contributed by atoms with E-state index in [2.05, 4.69) is 16.4 Å². The fraction of sp³-hybridized carbons (Fsp3) is 0.333. The van der Waals surface area contributed by atoms with E-state index >= 15 is 0 Å². The van der Waals surface area contributed by atoms with Gasteiger partial charge in [-0.25, -0.2) is 0 Å². The Kier molecular flexibility index (Phi) is 3.04. The molecule has 1 heterocycles. The third kappa shape index (κ3) is 2.19. The van der Waals surface area contributed by atoms with Gasteiger partial charge in [0.2, 0.25) is 0 Å². The first kappa shape index (κ1) is 10.2. The van der Waals surface area contributed by atoms with Crippen molar-refractivity contribution in [1.29, 1.82) is 0 Å². The van der Waals surface area contributed by atoms with Crippen molar-refractivity contribution in [3.8, 4) is 0 Å². The highest BCUT2D eigenvalue weighted by molar-refractivity contribution is 5.83. The average molecular weight is 204 g/mol. The number of likely N-dealkylation sites (N-methyl/N-ethyl adjacent to an activating group) is 1. The summed E-state index contributed by atoms with van der Waals surface area (Å²) in [5.41, 5.74) is 2.27. The van der Waals surface area contributed by atoms with Gasteiger partial charge in [0.05, 0.1) is 0 Å². The molecule has 0 aliphatic rings. The van der Waals surface area contributed by atoms with Crippen LogP contribution in [0.4, 0.5) is 0 Å². The van der Waals surface area contributed by atoms with Gasteiger partial charge in [-0.15, -0.1) is 0 Å². The molecule has 0 amide bonds. The van der Waals surface area contributed by atoms with E-state index < -0.39 is 6.23 Å². The van der Waals surface area contributed by atoms with Crippen LogP contribution in [0.5, 0.6) is 0 Å². The van der Waals surface area contributed by atoms with Crippen LogP contribution in [0.25, 0.3) is 10.9 Å². The molecule has 3 nitrogen and oxygen atoms in total. The monoisotopic (exact) mass is 204 g/mol. The van der Waals surface area contributed by atoms with Crippen molar-refractivity contribution in [2.45, 2.75) is 19.6 Å². The minimum absolute atomic E-state index is 0.464. The van der Waals surface area contributed by atoms with Gasteiger partial charge in [-0.1, -0.05) is 25.1 Å². The molecular formula is C12H16N2O. The quantitative estimate of drug-likeness (QED) is 0.663. The highest BCUT2D eigenvalue weighted by Crippen LogP contribution is 2.18. The molecule has 0 aliphatic heterocycles. The number of fused-ring (bicyclic) bond motifs is 1. The molecule has 0 fully saturated rings. The summed E-state index contributed by atoms with van der Waals surface area (Å²) < 4.78 is 0. The number of nitrogens with one attached hydrogen (secondary N) is 2. The Morgan fingerprint density at radius 3 is 3.00 bits per heavy atom. The Morgan fingerprint density at radius 1 is 1.40 bits per heavy atom. The number of para-hydroxylation sites is 1. The van der Waals surface area contributed by atoms with Crippen LogP contribution in [0.2, 0.25) is 0 Å². The summed E-state index contributed by atoms with van der Waals surface area (Å²) in [6.45, 7) is 2.77. The summed E-state index contributed by atoms with van der Waals surface area (Å²) in [5, 5.41) is 13.8. The maximum absolute atomic E-state index is 9.66. The number of aliphatic hydroxyl groups is 1. The van der Waals surface area contributed by atoms with Crippen molar-refractivity contribution in [3.05, 3.63) is 36.0 Å². The van der Waals surface area contributed by atoms with Gasteiger partial charge >= 0.3 is 0 Å². The molecule has 3 heteroatoms. The molecule has 1 aromatic heterocycles. The number of H-pyrrole nitrogens is 1. The molecule has 0 aliphatic carbocycles. The fourth-order valence-electron chi connectivity index (χ4n) is 1.82. The lowest BCUT2D eigenvalue weighted by atomic mass is 10.1. The van der Waals surface area contributed by atoms with Crippen LogP contribution in [-0.4, -0.2) is 22.9 Å². The lowest BCUT2D eigenvalue weighted by molar-refractivity contribution is 0.140. The minimum Gasteiger partial charge on any atom is -0.378 e. The zero-order valence-corrected chi connectivity index (χ0v) is 8.83. The highest BCUT2D eigenvalue weighted by Gasteiger charge is 2.07. The van der Waals surface area contributed by atoms with Gasteiger partial charge in [-0.05, 0) is 18.2 Å². The molecule has 0 radical (unpaired) electrons. The summed E-state index contributed by atoms with van der Waals surface area (Å²) in [6, 6.07) is 8.13. The summed E-state index contributed by atoms with van der Waals surface area (Å²) in [4.78, 5) is 3.20. The maximum Gasteiger partial charge on any atom is 0.109 e. The normalized spacial score (nSPS) is 13.2. The Labute approximate surface area is 89.1 Å². The average Bonchev–Trinajstić information content (AvgIpc) is 2.62. The second-order valence-electron chi connectivity index (χ2n) is 3.64. The van der Waals surface area contributed by atoms with Crippen molar-refractivity contribution in [2.24, 2.45) is 0 Å². The van der Waals surface area contributed by atoms with Gasteiger partial charge in [-0.2, -0.15) is 0 Å². The molecule has 3 N–H and O–H groups in total. The van der Waals surface area contributed by atoms with Crippen molar-refractivity contribution in [2.75, 3.05) is 6.54 Å². The Bertz CT molecular complexity index is 436. The molecule has 0 bridgehead atoms. The predicted octanol–water partition coefficient (Wildman–Crippen LogP) is 1.64. The van der Waals surface area contributed by atoms with E-state index in [0.29, 0.717) is 6.42 Å². The van der Waals surface area contributed by atoms with Crippen molar-refractivity contribution in [1.82, 2.24) is 10.3 Å². The zero-order chi connectivity index (χ0) is 10.7. The fourth-order valence-corrected chi connectivity index (χ4v) is 1.82. The van der Waals surface area contributed by atoms with Crippen molar-refractivity contribution in [3.63, 3.8) is 0 Å². The smallest absolute Gasteiger partial charge is 0.109 e. The molecular weight excluding hydrogens is 188 g/mol. The number of aliphatic hydroxyl groups excluding tert-OH is 1. The van der Waals surface area contributed by atoms with Crippen LogP contribution < -0.4 is 5.32 Å². The first-order valence-corrected chi connectivity index (χ1v) is 5.27. The first-order valence-electron chi connectivity index (χ1n) is 5.27.